The Labute approximate surface area is 72.9 Å². The van der Waals surface area contributed by atoms with E-state index in [9.17, 15) is 0 Å². The molecule has 0 aliphatic rings. The van der Waals surface area contributed by atoms with Gasteiger partial charge in [-0.25, -0.2) is 0 Å². The summed E-state index contributed by atoms with van der Waals surface area (Å²) < 4.78 is 0. The molecule has 0 aromatic heterocycles. The predicted octanol–water partition coefficient (Wildman–Crippen LogP) is 0.529. The van der Waals surface area contributed by atoms with Crippen LogP contribution in [0.3, 0.4) is 0 Å². The van der Waals surface area contributed by atoms with Crippen LogP contribution in [0.15, 0.2) is 20.0 Å². The Bertz CT molecular complexity index is 169. The van der Waals surface area contributed by atoms with Gasteiger partial charge in [-0.1, -0.05) is 0 Å². The summed E-state index contributed by atoms with van der Waals surface area (Å²) in [5, 5.41) is 0. The molecule has 0 amide bonds. The molecule has 0 rings (SSSR count). The fourth-order valence-corrected chi connectivity index (χ4v) is 0.492. The summed E-state index contributed by atoms with van der Waals surface area (Å²) in [6, 6.07) is 0. The molecule has 0 spiro atoms. The van der Waals surface area contributed by atoms with E-state index in [2.05, 4.69) is 20.0 Å². The van der Waals surface area contributed by atoms with Crippen molar-refractivity contribution in [1.29, 1.82) is 0 Å². The van der Waals surface area contributed by atoms with Crippen LogP contribution >= 0.6 is 0 Å². The molecule has 4 heteroatoms. The lowest BCUT2D eigenvalue weighted by Crippen LogP contribution is -1.89. The third kappa shape index (κ3) is 8.68. The smallest absolute Gasteiger partial charge is 0.0585 e. The van der Waals surface area contributed by atoms with E-state index in [0.717, 1.165) is 0 Å². The lowest BCUT2D eigenvalue weighted by molar-refractivity contribution is 0.988. The molecular formula is C8H14N4. The zero-order valence-corrected chi connectivity index (χ0v) is 7.51. The third-order valence-corrected chi connectivity index (χ3v) is 1.00. The minimum atomic E-state index is 0.695. The summed E-state index contributed by atoms with van der Waals surface area (Å²) in [5.41, 5.74) is 0. The number of rotatable bonds is 5. The largest absolute Gasteiger partial charge is 0.295 e. The van der Waals surface area contributed by atoms with Gasteiger partial charge in [0, 0.05) is 39.0 Å². The van der Waals surface area contributed by atoms with Crippen molar-refractivity contribution in [3.63, 3.8) is 0 Å². The molecule has 0 bridgehead atoms. The maximum absolute atomic E-state index is 4.03. The minimum Gasteiger partial charge on any atom is -0.295 e. The first-order chi connectivity index (χ1) is 5.91. The van der Waals surface area contributed by atoms with Gasteiger partial charge in [-0.05, 0) is 0 Å². The van der Waals surface area contributed by atoms with Gasteiger partial charge in [-0.15, -0.1) is 0 Å². The highest BCUT2D eigenvalue weighted by Crippen LogP contribution is 1.70. The van der Waals surface area contributed by atoms with Gasteiger partial charge in [-0.3, -0.25) is 20.0 Å². The summed E-state index contributed by atoms with van der Waals surface area (Å²) in [7, 11) is 3.42. The summed E-state index contributed by atoms with van der Waals surface area (Å²) >= 11 is 0. The highest BCUT2D eigenvalue weighted by Gasteiger charge is 1.74. The lowest BCUT2D eigenvalue weighted by Gasteiger charge is -1.84. The van der Waals surface area contributed by atoms with E-state index in [1.165, 1.54) is 0 Å². The maximum atomic E-state index is 4.03. The zero-order chi connectivity index (χ0) is 9.07. The summed E-state index contributed by atoms with van der Waals surface area (Å²) in [4.78, 5) is 15.6. The molecule has 0 saturated carbocycles. The van der Waals surface area contributed by atoms with Crippen molar-refractivity contribution < 1.29 is 0 Å². The van der Waals surface area contributed by atoms with E-state index >= 15 is 0 Å². The van der Waals surface area contributed by atoms with Crippen LogP contribution in [0.4, 0.5) is 0 Å². The molecule has 0 aliphatic carbocycles. The Morgan fingerprint density at radius 2 is 1.17 bits per heavy atom. The van der Waals surface area contributed by atoms with Gasteiger partial charge < -0.3 is 0 Å². The van der Waals surface area contributed by atoms with Crippen LogP contribution in [-0.4, -0.2) is 52.0 Å². The predicted molar refractivity (Wildman–Crippen MR) is 55.6 cm³/mol. The van der Waals surface area contributed by atoms with Gasteiger partial charge in [0.05, 0.1) is 13.1 Å². The molecule has 4 nitrogen and oxygen atoms in total. The average Bonchev–Trinajstić information content (AvgIpc) is 2.10. The molecule has 12 heavy (non-hydrogen) atoms. The standard InChI is InChI=1S/C8H14N4/c1-9-3-5-11-7-8-12-6-4-10-2/h3-6H,7-8H2,1-2H3/b9-3+,10-4+,11-5+,12-6+. The van der Waals surface area contributed by atoms with E-state index in [1.54, 1.807) is 39.0 Å². The fourth-order valence-electron chi connectivity index (χ4n) is 0.492. The van der Waals surface area contributed by atoms with Crippen molar-refractivity contribution in [2.45, 2.75) is 0 Å². The summed E-state index contributed by atoms with van der Waals surface area (Å²) in [6.07, 6.45) is 6.64. The first kappa shape index (κ1) is 10.7. The van der Waals surface area contributed by atoms with Crippen LogP contribution in [0.2, 0.25) is 0 Å². The Kier molecular flexibility index (Phi) is 8.62. The quantitative estimate of drug-likeness (QED) is 0.422. The van der Waals surface area contributed by atoms with Gasteiger partial charge in [0.15, 0.2) is 0 Å². The van der Waals surface area contributed by atoms with E-state index in [0.29, 0.717) is 13.1 Å². The van der Waals surface area contributed by atoms with Gasteiger partial charge >= 0.3 is 0 Å². The maximum Gasteiger partial charge on any atom is 0.0585 e. The molecule has 0 saturated heterocycles. The summed E-state index contributed by atoms with van der Waals surface area (Å²) in [5.74, 6) is 0. The van der Waals surface area contributed by atoms with Gasteiger partial charge in [0.1, 0.15) is 0 Å². The monoisotopic (exact) mass is 166 g/mol. The van der Waals surface area contributed by atoms with Crippen LogP contribution in [0.5, 0.6) is 0 Å². The first-order valence-corrected chi connectivity index (χ1v) is 3.73. The molecule has 0 aromatic carbocycles. The summed E-state index contributed by atoms with van der Waals surface area (Å²) in [6.45, 7) is 1.39. The van der Waals surface area contributed by atoms with Crippen LogP contribution in [0.1, 0.15) is 0 Å². The Balaban J connectivity index is 3.32. The average molecular weight is 166 g/mol. The SMILES string of the molecule is C/N=C/C=N/CC/N=C/C=N/C. The van der Waals surface area contributed by atoms with Crippen molar-refractivity contribution in [1.82, 2.24) is 0 Å². The van der Waals surface area contributed by atoms with Crippen LogP contribution in [0.25, 0.3) is 0 Å². The number of hydrogen-bond acceptors (Lipinski definition) is 4. The molecular weight excluding hydrogens is 152 g/mol. The molecule has 0 aromatic rings. The normalized spacial score (nSPS) is 13.2. The molecule has 66 valence electrons. The highest BCUT2D eigenvalue weighted by molar-refractivity contribution is 6.16. The second-order valence-electron chi connectivity index (χ2n) is 1.93. The van der Waals surface area contributed by atoms with Crippen molar-refractivity contribution in [3.8, 4) is 0 Å². The Morgan fingerprint density at radius 1 is 0.750 bits per heavy atom. The molecule has 0 heterocycles. The molecule has 0 fully saturated rings. The molecule has 0 unspecified atom stereocenters. The number of nitrogens with zero attached hydrogens (tertiary/aromatic N) is 4. The van der Waals surface area contributed by atoms with Crippen molar-refractivity contribution >= 4 is 24.9 Å². The van der Waals surface area contributed by atoms with Gasteiger partial charge in [0.2, 0.25) is 0 Å². The number of hydrogen-bond donors (Lipinski definition) is 0. The zero-order valence-electron chi connectivity index (χ0n) is 7.51. The highest BCUT2D eigenvalue weighted by atomic mass is 14.8. The Morgan fingerprint density at radius 3 is 1.50 bits per heavy atom. The second-order valence-corrected chi connectivity index (χ2v) is 1.93. The van der Waals surface area contributed by atoms with Gasteiger partial charge in [0.25, 0.3) is 0 Å². The molecule has 0 radical (unpaired) electrons. The molecule has 0 N–H and O–H groups in total. The van der Waals surface area contributed by atoms with E-state index in [1.807, 2.05) is 0 Å². The van der Waals surface area contributed by atoms with Crippen molar-refractivity contribution in [2.24, 2.45) is 20.0 Å². The fraction of sp³-hybridized carbons (Fsp3) is 0.500. The van der Waals surface area contributed by atoms with E-state index in [-0.39, 0.29) is 0 Å². The molecule has 0 atom stereocenters. The first-order valence-electron chi connectivity index (χ1n) is 3.73. The topological polar surface area (TPSA) is 49.4 Å². The van der Waals surface area contributed by atoms with Crippen molar-refractivity contribution in [2.75, 3.05) is 27.2 Å². The van der Waals surface area contributed by atoms with Crippen LogP contribution < -0.4 is 0 Å². The Hall–Kier alpha value is -1.32. The number of aliphatic imine (C=N–C) groups is 4. The van der Waals surface area contributed by atoms with E-state index < -0.39 is 0 Å². The molecule has 0 aliphatic heterocycles. The third-order valence-electron chi connectivity index (χ3n) is 1.00. The minimum absolute atomic E-state index is 0.695. The van der Waals surface area contributed by atoms with Crippen LogP contribution in [0, 0.1) is 0 Å². The van der Waals surface area contributed by atoms with E-state index in [4.69, 9.17) is 0 Å². The second kappa shape index (κ2) is 9.68. The van der Waals surface area contributed by atoms with Gasteiger partial charge in [-0.2, -0.15) is 0 Å². The van der Waals surface area contributed by atoms with Crippen LogP contribution in [-0.2, 0) is 0 Å². The lowest BCUT2D eigenvalue weighted by atomic mass is 10.6. The van der Waals surface area contributed by atoms with Crippen molar-refractivity contribution in [3.05, 3.63) is 0 Å².